The Labute approximate surface area is 169 Å². The van der Waals surface area contributed by atoms with E-state index >= 15 is 0 Å². The van der Waals surface area contributed by atoms with Crippen LogP contribution in [-0.2, 0) is 14.3 Å². The number of nitro benzene ring substituents is 1. The van der Waals surface area contributed by atoms with Gasteiger partial charge < -0.3 is 10.1 Å². The minimum absolute atomic E-state index is 0.000234. The van der Waals surface area contributed by atoms with Crippen molar-refractivity contribution in [3.8, 4) is 0 Å². The van der Waals surface area contributed by atoms with Gasteiger partial charge in [-0.05, 0) is 37.3 Å². The molecule has 2 rings (SSSR count). The van der Waals surface area contributed by atoms with Crippen molar-refractivity contribution < 1.29 is 28.4 Å². The minimum atomic E-state index is -1.22. The van der Waals surface area contributed by atoms with E-state index in [1.807, 2.05) is 0 Å². The number of nitrogens with zero attached hydrogens (tertiary/aromatic N) is 1. The average Bonchev–Trinajstić information content (AvgIpc) is 2.68. The zero-order chi connectivity index (χ0) is 21.6. The number of non-ortho nitro benzene ring substituents is 1. The second kappa shape index (κ2) is 9.74. The van der Waals surface area contributed by atoms with Gasteiger partial charge in [-0.3, -0.25) is 24.5 Å². The Kier molecular flexibility index (Phi) is 7.38. The number of carbonyl (C=O) groups excluding carboxylic acids is 3. The lowest BCUT2D eigenvalue weighted by Gasteiger charge is -2.14. The van der Waals surface area contributed by atoms with Crippen molar-refractivity contribution in [2.45, 2.75) is 25.9 Å². The number of esters is 1. The first-order valence-electron chi connectivity index (χ1n) is 8.40. The molecular weight excluding hydrogens is 407 g/mol. The van der Waals surface area contributed by atoms with Crippen molar-refractivity contribution in [1.29, 1.82) is 0 Å². The smallest absolute Gasteiger partial charge is 0.307 e. The third kappa shape index (κ3) is 6.35. The van der Waals surface area contributed by atoms with E-state index in [1.54, 1.807) is 0 Å². The number of Topliss-reactive ketones (excluding diaryl/α,β-unsaturated/α-hetero) is 1. The molecule has 0 aliphatic heterocycles. The number of nitro groups is 1. The quantitative estimate of drug-likeness (QED) is 0.298. The summed E-state index contributed by atoms with van der Waals surface area (Å²) in [5, 5.41) is 13.2. The molecule has 0 saturated heterocycles. The highest BCUT2D eigenvalue weighted by Gasteiger charge is 2.21. The number of rotatable bonds is 8. The molecule has 0 spiro atoms. The zero-order valence-corrected chi connectivity index (χ0v) is 15.9. The summed E-state index contributed by atoms with van der Waals surface area (Å²) in [5.74, 6) is -2.38. The van der Waals surface area contributed by atoms with E-state index in [1.165, 1.54) is 31.2 Å². The van der Waals surface area contributed by atoms with Gasteiger partial charge in [0.15, 0.2) is 11.9 Å². The summed E-state index contributed by atoms with van der Waals surface area (Å²) < 4.78 is 17.8. The molecule has 1 unspecified atom stereocenters. The van der Waals surface area contributed by atoms with E-state index in [4.69, 9.17) is 16.3 Å². The molecule has 0 aliphatic rings. The molecular formula is C19H16ClFN2O6. The molecule has 1 amide bonds. The second-order valence-corrected chi connectivity index (χ2v) is 6.38. The Hall–Kier alpha value is -3.33. The topological polar surface area (TPSA) is 116 Å². The maximum atomic E-state index is 12.9. The normalized spacial score (nSPS) is 11.4. The Morgan fingerprint density at radius 2 is 1.83 bits per heavy atom. The van der Waals surface area contributed by atoms with Crippen molar-refractivity contribution in [1.82, 2.24) is 0 Å². The largest absolute Gasteiger partial charge is 0.453 e. The molecule has 0 fully saturated rings. The molecule has 1 atom stereocenters. The predicted octanol–water partition coefficient (Wildman–Crippen LogP) is 3.92. The van der Waals surface area contributed by atoms with Crippen LogP contribution < -0.4 is 5.32 Å². The lowest BCUT2D eigenvalue weighted by Crippen LogP contribution is -2.30. The summed E-state index contributed by atoms with van der Waals surface area (Å²) in [4.78, 5) is 46.2. The zero-order valence-electron chi connectivity index (χ0n) is 15.2. The van der Waals surface area contributed by atoms with Crippen LogP contribution in [0.4, 0.5) is 15.8 Å². The summed E-state index contributed by atoms with van der Waals surface area (Å²) in [5.41, 5.74) is -0.0146. The molecule has 1 N–H and O–H groups in total. The number of hydrogen-bond donors (Lipinski definition) is 1. The molecule has 0 saturated carbocycles. The number of amides is 1. The highest BCUT2D eigenvalue weighted by atomic mass is 35.5. The van der Waals surface area contributed by atoms with Crippen molar-refractivity contribution in [3.63, 3.8) is 0 Å². The molecule has 2 aromatic carbocycles. The number of benzene rings is 2. The Bertz CT molecular complexity index is 948. The lowest BCUT2D eigenvalue weighted by molar-refractivity contribution is -0.384. The Balaban J connectivity index is 1.88. The first kappa shape index (κ1) is 22.0. The average molecular weight is 423 g/mol. The van der Waals surface area contributed by atoms with Gasteiger partial charge in [-0.15, -0.1) is 0 Å². The number of ketones is 1. The summed E-state index contributed by atoms with van der Waals surface area (Å²) in [6.07, 6.45) is -1.67. The molecule has 10 heteroatoms. The van der Waals surface area contributed by atoms with E-state index < -0.39 is 28.7 Å². The van der Waals surface area contributed by atoms with Gasteiger partial charge >= 0.3 is 5.97 Å². The van der Waals surface area contributed by atoms with E-state index in [-0.39, 0.29) is 40.6 Å². The van der Waals surface area contributed by atoms with Gasteiger partial charge in [-0.2, -0.15) is 0 Å². The van der Waals surface area contributed by atoms with Gasteiger partial charge in [-0.1, -0.05) is 11.6 Å². The maximum Gasteiger partial charge on any atom is 0.307 e. The molecule has 0 aromatic heterocycles. The summed E-state index contributed by atoms with van der Waals surface area (Å²) in [6, 6.07) is 8.40. The van der Waals surface area contributed by atoms with Gasteiger partial charge in [0.05, 0.1) is 22.1 Å². The molecule has 0 aliphatic carbocycles. The van der Waals surface area contributed by atoms with Crippen LogP contribution in [0.1, 0.15) is 30.1 Å². The number of anilines is 1. The molecule has 152 valence electrons. The van der Waals surface area contributed by atoms with Gasteiger partial charge in [0.2, 0.25) is 0 Å². The van der Waals surface area contributed by atoms with Crippen LogP contribution in [0.15, 0.2) is 42.5 Å². The summed E-state index contributed by atoms with van der Waals surface area (Å²) in [7, 11) is 0. The second-order valence-electron chi connectivity index (χ2n) is 5.97. The lowest BCUT2D eigenvalue weighted by atomic mass is 10.1. The highest BCUT2D eigenvalue weighted by Crippen LogP contribution is 2.26. The molecule has 0 heterocycles. The molecule has 8 nitrogen and oxygen atoms in total. The Morgan fingerprint density at radius 3 is 2.45 bits per heavy atom. The van der Waals surface area contributed by atoms with Crippen LogP contribution in [0.3, 0.4) is 0 Å². The van der Waals surface area contributed by atoms with Crippen LogP contribution in [-0.4, -0.2) is 28.7 Å². The number of halogens is 2. The standard InChI is InChI=1S/C19H16ClFN2O6/c1-11(19(26)22-16-10-14(23(27)28)6-7-15(16)20)29-18(25)9-8-17(24)12-2-4-13(21)5-3-12/h2-7,10-11H,8-9H2,1H3,(H,22,26). The SMILES string of the molecule is CC(OC(=O)CCC(=O)c1ccc(F)cc1)C(=O)Nc1cc([N+](=O)[O-])ccc1Cl. The molecule has 0 radical (unpaired) electrons. The number of nitrogens with one attached hydrogen (secondary N) is 1. The first-order chi connectivity index (χ1) is 13.7. The first-order valence-corrected chi connectivity index (χ1v) is 8.78. The summed E-state index contributed by atoms with van der Waals surface area (Å²) in [6.45, 7) is 1.31. The van der Waals surface area contributed by atoms with Gasteiger partial charge in [0.25, 0.3) is 11.6 Å². The van der Waals surface area contributed by atoms with Crippen molar-refractivity contribution in [2.75, 3.05) is 5.32 Å². The maximum absolute atomic E-state index is 12.9. The fourth-order valence-corrected chi connectivity index (χ4v) is 2.43. The Morgan fingerprint density at radius 1 is 1.17 bits per heavy atom. The van der Waals surface area contributed by atoms with E-state index in [0.29, 0.717) is 0 Å². The highest BCUT2D eigenvalue weighted by molar-refractivity contribution is 6.33. The molecule has 0 bridgehead atoms. The predicted molar refractivity (Wildman–Crippen MR) is 102 cm³/mol. The van der Waals surface area contributed by atoms with E-state index in [2.05, 4.69) is 5.32 Å². The third-order valence-electron chi connectivity index (χ3n) is 3.82. The fourth-order valence-electron chi connectivity index (χ4n) is 2.26. The van der Waals surface area contributed by atoms with Gasteiger partial charge in [-0.25, -0.2) is 4.39 Å². The van der Waals surface area contributed by atoms with Crippen LogP contribution in [0, 0.1) is 15.9 Å². The van der Waals surface area contributed by atoms with Crippen LogP contribution in [0.25, 0.3) is 0 Å². The molecule has 2 aromatic rings. The van der Waals surface area contributed by atoms with Gasteiger partial charge in [0.1, 0.15) is 5.82 Å². The van der Waals surface area contributed by atoms with E-state index in [0.717, 1.165) is 18.2 Å². The fraction of sp³-hybridized carbons (Fsp3) is 0.211. The van der Waals surface area contributed by atoms with Gasteiger partial charge in [0, 0.05) is 24.1 Å². The van der Waals surface area contributed by atoms with Crippen molar-refractivity contribution in [3.05, 3.63) is 69.0 Å². The number of carbonyl (C=O) groups is 3. The number of ether oxygens (including phenoxy) is 1. The number of hydrogen-bond acceptors (Lipinski definition) is 6. The van der Waals surface area contributed by atoms with E-state index in [9.17, 15) is 28.9 Å². The molecule has 29 heavy (non-hydrogen) atoms. The van der Waals surface area contributed by atoms with Crippen molar-refractivity contribution in [2.24, 2.45) is 0 Å². The minimum Gasteiger partial charge on any atom is -0.453 e. The van der Waals surface area contributed by atoms with Crippen LogP contribution in [0.5, 0.6) is 0 Å². The van der Waals surface area contributed by atoms with Crippen molar-refractivity contribution >= 4 is 40.6 Å². The van der Waals surface area contributed by atoms with Crippen LogP contribution >= 0.6 is 11.6 Å². The van der Waals surface area contributed by atoms with Crippen LogP contribution in [0.2, 0.25) is 5.02 Å². The monoisotopic (exact) mass is 422 g/mol. The third-order valence-corrected chi connectivity index (χ3v) is 4.15. The summed E-state index contributed by atoms with van der Waals surface area (Å²) >= 11 is 5.90.